The van der Waals surface area contributed by atoms with Crippen LogP contribution in [0.3, 0.4) is 0 Å². The van der Waals surface area contributed by atoms with E-state index >= 15 is 0 Å². The molecule has 120 valence electrons. The number of carbonyl (C=O) groups excluding carboxylic acids is 1. The Balaban J connectivity index is 2.12. The van der Waals surface area contributed by atoms with Crippen molar-refractivity contribution < 1.29 is 4.79 Å². The zero-order chi connectivity index (χ0) is 17.0. The smallest absolute Gasteiger partial charge is 0.234 e. The van der Waals surface area contributed by atoms with Crippen LogP contribution < -0.4 is 0 Å². The van der Waals surface area contributed by atoms with E-state index in [0.717, 1.165) is 11.3 Å². The highest BCUT2D eigenvalue weighted by Gasteiger charge is 2.27. The van der Waals surface area contributed by atoms with Gasteiger partial charge in [0.15, 0.2) is 0 Å². The third-order valence-electron chi connectivity index (χ3n) is 3.60. The molecule has 0 unspecified atom stereocenters. The van der Waals surface area contributed by atoms with Gasteiger partial charge >= 0.3 is 0 Å². The maximum absolute atomic E-state index is 12.2. The van der Waals surface area contributed by atoms with Gasteiger partial charge in [-0.25, -0.2) is 0 Å². The third kappa shape index (κ3) is 3.68. The summed E-state index contributed by atoms with van der Waals surface area (Å²) in [7, 11) is 1.62. The van der Waals surface area contributed by atoms with Crippen LogP contribution in [0.5, 0.6) is 0 Å². The summed E-state index contributed by atoms with van der Waals surface area (Å²) in [6, 6.07) is 9.85. The molecule has 0 spiro atoms. The molecule has 7 nitrogen and oxygen atoms in total. The van der Waals surface area contributed by atoms with Crippen molar-refractivity contribution >= 4 is 17.7 Å². The summed E-state index contributed by atoms with van der Waals surface area (Å²) in [5.74, 6) is 0.00862. The molecule has 1 aromatic carbocycles. The summed E-state index contributed by atoms with van der Waals surface area (Å²) in [5.41, 5.74) is 1.06. The average molecular weight is 330 g/mol. The molecule has 0 bridgehead atoms. The molecule has 2 aromatic rings. The first-order valence-electron chi connectivity index (χ1n) is 7.02. The first-order chi connectivity index (χ1) is 10.9. The van der Waals surface area contributed by atoms with Crippen molar-refractivity contribution in [3.05, 3.63) is 29.8 Å². The standard InChI is InChI=1S/C15H18N6OS/c1-11-7-5-6-8-12(11)21-14(17-18-19-21)23-9-13(22)20(4)15(2,3)10-16/h5-8H,9H2,1-4H3. The Morgan fingerprint density at radius 3 is 2.78 bits per heavy atom. The summed E-state index contributed by atoms with van der Waals surface area (Å²) < 4.78 is 1.61. The second kappa shape index (κ2) is 6.79. The molecule has 0 aliphatic heterocycles. The Bertz CT molecular complexity index is 748. The molecule has 1 aromatic heterocycles. The topological polar surface area (TPSA) is 87.7 Å². The summed E-state index contributed by atoms with van der Waals surface area (Å²) in [4.78, 5) is 13.7. The molecule has 23 heavy (non-hydrogen) atoms. The average Bonchev–Trinajstić information content (AvgIpc) is 3.00. The molecule has 0 radical (unpaired) electrons. The van der Waals surface area contributed by atoms with Gasteiger partial charge in [-0.1, -0.05) is 30.0 Å². The van der Waals surface area contributed by atoms with Crippen molar-refractivity contribution in [3.8, 4) is 11.8 Å². The summed E-state index contributed by atoms with van der Waals surface area (Å²) in [6.45, 7) is 5.37. The van der Waals surface area contributed by atoms with E-state index in [1.807, 2.05) is 31.2 Å². The minimum atomic E-state index is -0.848. The molecule has 0 fully saturated rings. The van der Waals surface area contributed by atoms with Crippen LogP contribution >= 0.6 is 11.8 Å². The fourth-order valence-electron chi connectivity index (χ4n) is 1.83. The van der Waals surface area contributed by atoms with Crippen molar-refractivity contribution in [2.45, 2.75) is 31.5 Å². The number of nitrogens with zero attached hydrogens (tertiary/aromatic N) is 6. The lowest BCUT2D eigenvalue weighted by molar-refractivity contribution is -0.130. The van der Waals surface area contributed by atoms with Crippen molar-refractivity contribution in [3.63, 3.8) is 0 Å². The molecular formula is C15H18N6OS. The van der Waals surface area contributed by atoms with Crippen LogP contribution in [-0.2, 0) is 4.79 Å². The van der Waals surface area contributed by atoms with Gasteiger partial charge in [-0.2, -0.15) is 9.94 Å². The predicted molar refractivity (Wildman–Crippen MR) is 87.1 cm³/mol. The van der Waals surface area contributed by atoms with E-state index in [-0.39, 0.29) is 11.7 Å². The number of tetrazole rings is 1. The number of thioether (sulfide) groups is 1. The zero-order valence-electron chi connectivity index (χ0n) is 13.5. The summed E-state index contributed by atoms with van der Waals surface area (Å²) >= 11 is 1.25. The van der Waals surface area contributed by atoms with Crippen LogP contribution in [0.2, 0.25) is 0 Å². The molecule has 0 aliphatic rings. The summed E-state index contributed by atoms with van der Waals surface area (Å²) in [6.07, 6.45) is 0. The van der Waals surface area contributed by atoms with E-state index < -0.39 is 5.54 Å². The van der Waals surface area contributed by atoms with E-state index in [2.05, 4.69) is 21.6 Å². The Labute approximate surface area is 139 Å². The number of aromatic nitrogens is 4. The largest absolute Gasteiger partial charge is 0.327 e. The SMILES string of the molecule is Cc1ccccc1-n1nnnc1SCC(=O)N(C)C(C)(C)C#N. The lowest BCUT2D eigenvalue weighted by atomic mass is 10.1. The van der Waals surface area contributed by atoms with Gasteiger partial charge in [-0.05, 0) is 42.8 Å². The molecule has 0 N–H and O–H groups in total. The quantitative estimate of drug-likeness (QED) is 0.777. The van der Waals surface area contributed by atoms with Gasteiger partial charge in [0, 0.05) is 7.05 Å². The highest BCUT2D eigenvalue weighted by Crippen LogP contribution is 2.21. The lowest BCUT2D eigenvalue weighted by Gasteiger charge is -2.28. The van der Waals surface area contributed by atoms with Gasteiger partial charge in [0.2, 0.25) is 11.1 Å². The molecular weight excluding hydrogens is 312 g/mol. The fraction of sp³-hybridized carbons (Fsp3) is 0.400. The van der Waals surface area contributed by atoms with Crippen LogP contribution in [0.25, 0.3) is 5.69 Å². The number of carbonyl (C=O) groups is 1. The van der Waals surface area contributed by atoms with E-state index in [9.17, 15) is 4.79 Å². The Hall–Kier alpha value is -2.40. The number of hydrogen-bond acceptors (Lipinski definition) is 6. The number of nitriles is 1. The second-order valence-corrected chi connectivity index (χ2v) is 6.51. The van der Waals surface area contributed by atoms with Gasteiger partial charge in [0.05, 0.1) is 17.5 Å². The lowest BCUT2D eigenvalue weighted by Crippen LogP contribution is -2.44. The molecule has 2 rings (SSSR count). The van der Waals surface area contributed by atoms with Crippen LogP contribution in [0.15, 0.2) is 29.4 Å². The minimum absolute atomic E-state index is 0.152. The monoisotopic (exact) mass is 330 g/mol. The van der Waals surface area contributed by atoms with Crippen LogP contribution in [0.4, 0.5) is 0 Å². The third-order valence-corrected chi connectivity index (χ3v) is 4.50. The number of hydrogen-bond donors (Lipinski definition) is 0. The number of rotatable bonds is 5. The van der Waals surface area contributed by atoms with Gasteiger partial charge in [0.1, 0.15) is 5.54 Å². The molecule has 0 aliphatic carbocycles. The predicted octanol–water partition coefficient (Wildman–Crippen LogP) is 1.82. The highest BCUT2D eigenvalue weighted by atomic mass is 32.2. The maximum Gasteiger partial charge on any atom is 0.234 e. The molecule has 1 heterocycles. The molecule has 0 saturated carbocycles. The number of amides is 1. The number of para-hydroxylation sites is 1. The van der Waals surface area contributed by atoms with Crippen molar-refractivity contribution in [2.75, 3.05) is 12.8 Å². The van der Waals surface area contributed by atoms with E-state index in [1.54, 1.807) is 25.6 Å². The van der Waals surface area contributed by atoms with Crippen molar-refractivity contribution in [2.24, 2.45) is 0 Å². The first kappa shape index (κ1) is 17.0. The van der Waals surface area contributed by atoms with Crippen LogP contribution in [0.1, 0.15) is 19.4 Å². The van der Waals surface area contributed by atoms with Crippen LogP contribution in [0, 0.1) is 18.3 Å². The first-order valence-corrected chi connectivity index (χ1v) is 8.00. The zero-order valence-corrected chi connectivity index (χ0v) is 14.3. The maximum atomic E-state index is 12.2. The van der Waals surface area contributed by atoms with Gasteiger partial charge in [0.25, 0.3) is 0 Å². The van der Waals surface area contributed by atoms with E-state index in [4.69, 9.17) is 5.26 Å². The fourth-order valence-corrected chi connectivity index (χ4v) is 2.63. The van der Waals surface area contributed by atoms with Crippen molar-refractivity contribution in [1.82, 2.24) is 25.1 Å². The summed E-state index contributed by atoms with van der Waals surface area (Å²) in [5, 5.41) is 21.3. The second-order valence-electron chi connectivity index (χ2n) is 5.57. The Morgan fingerprint density at radius 1 is 1.43 bits per heavy atom. The molecule has 0 saturated heterocycles. The molecule has 8 heteroatoms. The van der Waals surface area contributed by atoms with E-state index in [1.165, 1.54) is 16.7 Å². The van der Waals surface area contributed by atoms with Gasteiger partial charge < -0.3 is 4.90 Å². The van der Waals surface area contributed by atoms with E-state index in [0.29, 0.717) is 5.16 Å². The molecule has 1 amide bonds. The highest BCUT2D eigenvalue weighted by molar-refractivity contribution is 7.99. The normalized spacial score (nSPS) is 11.1. The number of aryl methyl sites for hydroxylation is 1. The minimum Gasteiger partial charge on any atom is -0.327 e. The Kier molecular flexibility index (Phi) is 5.01. The van der Waals surface area contributed by atoms with Crippen molar-refractivity contribution in [1.29, 1.82) is 5.26 Å². The van der Waals surface area contributed by atoms with Crippen LogP contribution in [-0.4, -0.2) is 49.4 Å². The van der Waals surface area contributed by atoms with Gasteiger partial charge in [-0.15, -0.1) is 5.10 Å². The molecule has 0 atom stereocenters. The Morgan fingerprint density at radius 2 is 2.13 bits per heavy atom. The number of benzene rings is 1. The van der Waals surface area contributed by atoms with Gasteiger partial charge in [-0.3, -0.25) is 4.79 Å².